The second-order valence-corrected chi connectivity index (χ2v) is 8.22. The number of ether oxygens (including phenoxy) is 1. The van der Waals surface area contributed by atoms with Gasteiger partial charge in [0.15, 0.2) is 12.4 Å². The van der Waals surface area contributed by atoms with Gasteiger partial charge in [0.1, 0.15) is 4.88 Å². The number of fused-ring (bicyclic) bond motifs is 1. The van der Waals surface area contributed by atoms with Crippen molar-refractivity contribution in [3.8, 4) is 0 Å². The molecule has 1 heterocycles. The minimum atomic E-state index is -0.424. The van der Waals surface area contributed by atoms with E-state index < -0.39 is 5.97 Å². The Morgan fingerprint density at radius 2 is 1.75 bits per heavy atom. The van der Waals surface area contributed by atoms with Crippen LogP contribution in [-0.2, 0) is 28.9 Å². The molecule has 0 fully saturated rings. The van der Waals surface area contributed by atoms with E-state index in [0.717, 1.165) is 24.8 Å². The maximum absolute atomic E-state index is 12.4. The minimum Gasteiger partial charge on any atom is -0.453 e. The predicted molar refractivity (Wildman–Crippen MR) is 109 cm³/mol. The van der Waals surface area contributed by atoms with Gasteiger partial charge in [-0.05, 0) is 42.9 Å². The largest absolute Gasteiger partial charge is 0.453 e. The third-order valence-corrected chi connectivity index (χ3v) is 6.07. The number of Topliss-reactive ketones (excluding diaryl/α,β-unsaturated/α-hetero) is 1. The summed E-state index contributed by atoms with van der Waals surface area (Å²) < 4.78 is 5.26. The first-order chi connectivity index (χ1) is 13.5. The molecule has 0 radical (unpaired) electrons. The second kappa shape index (κ2) is 9.64. The Morgan fingerprint density at radius 3 is 2.46 bits per heavy atom. The van der Waals surface area contributed by atoms with Crippen LogP contribution in [-0.4, -0.2) is 24.3 Å². The molecule has 2 aromatic rings. The van der Waals surface area contributed by atoms with E-state index in [4.69, 9.17) is 4.74 Å². The van der Waals surface area contributed by atoms with Crippen molar-refractivity contribution >= 4 is 29.0 Å². The van der Waals surface area contributed by atoms with Crippen LogP contribution in [0.3, 0.4) is 0 Å². The summed E-state index contributed by atoms with van der Waals surface area (Å²) in [5, 5.41) is 2.71. The van der Waals surface area contributed by atoms with Gasteiger partial charge in [-0.3, -0.25) is 9.59 Å². The number of hydrogen-bond acceptors (Lipinski definition) is 5. The van der Waals surface area contributed by atoms with Crippen molar-refractivity contribution in [3.63, 3.8) is 0 Å². The number of benzene rings is 1. The summed E-state index contributed by atoms with van der Waals surface area (Å²) >= 11 is 1.50. The van der Waals surface area contributed by atoms with Gasteiger partial charge in [0.2, 0.25) is 5.91 Å². The Bertz CT molecular complexity index is 828. The summed E-state index contributed by atoms with van der Waals surface area (Å²) in [4.78, 5) is 37.5. The van der Waals surface area contributed by atoms with Gasteiger partial charge in [0.25, 0.3) is 0 Å². The fraction of sp³-hybridized carbons (Fsp3) is 0.409. The number of esters is 1. The fourth-order valence-corrected chi connectivity index (χ4v) is 4.41. The Labute approximate surface area is 169 Å². The topological polar surface area (TPSA) is 72.5 Å². The molecule has 0 atom stereocenters. The Balaban J connectivity index is 1.54. The number of nitrogens with one attached hydrogen (secondary N) is 1. The normalized spacial score (nSPS) is 13.8. The molecule has 1 aromatic heterocycles. The fourth-order valence-electron chi connectivity index (χ4n) is 3.27. The first-order valence-corrected chi connectivity index (χ1v) is 10.5. The first kappa shape index (κ1) is 20.3. The lowest BCUT2D eigenvalue weighted by molar-refractivity contribution is -0.119. The van der Waals surface area contributed by atoms with Crippen LogP contribution in [0.25, 0.3) is 0 Å². The van der Waals surface area contributed by atoms with Crippen LogP contribution >= 0.6 is 11.3 Å². The number of amides is 1. The van der Waals surface area contributed by atoms with Crippen molar-refractivity contribution in [2.24, 2.45) is 0 Å². The molecule has 0 saturated heterocycles. The maximum Gasteiger partial charge on any atom is 0.348 e. The minimum absolute atomic E-state index is 0.103. The average Bonchev–Trinajstić information content (AvgIpc) is 3.06. The van der Waals surface area contributed by atoms with Crippen molar-refractivity contribution < 1.29 is 19.1 Å². The van der Waals surface area contributed by atoms with Gasteiger partial charge in [-0.15, -0.1) is 11.3 Å². The monoisotopic (exact) mass is 399 g/mol. The lowest BCUT2D eigenvalue weighted by atomic mass is 10.00. The molecule has 0 spiro atoms. The van der Waals surface area contributed by atoms with Gasteiger partial charge in [-0.25, -0.2) is 4.79 Å². The van der Waals surface area contributed by atoms with Crippen LogP contribution in [0.2, 0.25) is 0 Å². The van der Waals surface area contributed by atoms with Gasteiger partial charge in [-0.1, -0.05) is 37.1 Å². The predicted octanol–water partition coefficient (Wildman–Crippen LogP) is 4.08. The van der Waals surface area contributed by atoms with Crippen LogP contribution in [0.4, 0.5) is 0 Å². The second-order valence-electron chi connectivity index (χ2n) is 7.08. The molecule has 0 aliphatic heterocycles. The lowest BCUT2D eigenvalue weighted by Gasteiger charge is -2.07. The summed E-state index contributed by atoms with van der Waals surface area (Å²) in [5.74, 6) is -0.768. The van der Waals surface area contributed by atoms with Crippen molar-refractivity contribution in [1.29, 1.82) is 0 Å². The highest BCUT2D eigenvalue weighted by molar-refractivity contribution is 7.14. The van der Waals surface area contributed by atoms with Gasteiger partial charge in [0.05, 0.1) is 0 Å². The summed E-state index contributed by atoms with van der Waals surface area (Å²) in [6.07, 6.45) is 6.86. The van der Waals surface area contributed by atoms with Crippen molar-refractivity contribution in [2.45, 2.75) is 52.0 Å². The van der Waals surface area contributed by atoms with Crippen LogP contribution in [0.1, 0.15) is 68.6 Å². The van der Waals surface area contributed by atoms with E-state index in [1.165, 1.54) is 48.0 Å². The third-order valence-electron chi connectivity index (χ3n) is 4.85. The molecule has 0 unspecified atom stereocenters. The molecule has 28 heavy (non-hydrogen) atoms. The number of ketones is 1. The molecule has 1 aliphatic carbocycles. The molecule has 1 aliphatic rings. The third kappa shape index (κ3) is 5.52. The zero-order valence-electron chi connectivity index (χ0n) is 16.1. The molecule has 1 N–H and O–H groups in total. The number of carbonyl (C=O) groups is 3. The van der Waals surface area contributed by atoms with E-state index >= 15 is 0 Å². The molecule has 0 saturated carbocycles. The molecule has 3 rings (SSSR count). The van der Waals surface area contributed by atoms with Crippen LogP contribution in [0.15, 0.2) is 30.3 Å². The first-order valence-electron chi connectivity index (χ1n) is 9.68. The molecular formula is C22H25NO4S. The molecule has 1 aromatic carbocycles. The maximum atomic E-state index is 12.4. The molecule has 5 nitrogen and oxygen atoms in total. The summed E-state index contributed by atoms with van der Waals surface area (Å²) in [5.41, 5.74) is 2.65. The molecular weight excluding hydrogens is 374 g/mol. The molecule has 6 heteroatoms. The van der Waals surface area contributed by atoms with Crippen LogP contribution in [0, 0.1) is 0 Å². The van der Waals surface area contributed by atoms with E-state index in [1.807, 2.05) is 6.07 Å². The van der Waals surface area contributed by atoms with Crippen molar-refractivity contribution in [2.75, 3.05) is 6.61 Å². The zero-order valence-corrected chi connectivity index (χ0v) is 16.9. The number of thiophene rings is 1. The van der Waals surface area contributed by atoms with Gasteiger partial charge in [0, 0.05) is 23.9 Å². The van der Waals surface area contributed by atoms with Crippen LogP contribution < -0.4 is 5.32 Å². The molecule has 1 amide bonds. The van der Waals surface area contributed by atoms with Crippen molar-refractivity contribution in [3.05, 3.63) is 56.8 Å². The highest BCUT2D eigenvalue weighted by atomic mass is 32.1. The standard InChI is InChI=1S/C22H25NO4S/c1-15(24)23-13-16-8-10-17(11-9-16)19(25)14-27-22(26)21-12-18-6-4-2-3-5-7-20(18)28-21/h8-12H,2-7,13-14H2,1H3,(H,23,24). The number of rotatable bonds is 6. The van der Waals surface area contributed by atoms with Crippen LogP contribution in [0.5, 0.6) is 0 Å². The highest BCUT2D eigenvalue weighted by Crippen LogP contribution is 2.29. The van der Waals surface area contributed by atoms with E-state index in [0.29, 0.717) is 17.0 Å². The Morgan fingerprint density at radius 1 is 1.04 bits per heavy atom. The van der Waals surface area contributed by atoms with Gasteiger partial charge in [-0.2, -0.15) is 0 Å². The van der Waals surface area contributed by atoms with E-state index in [-0.39, 0.29) is 18.3 Å². The van der Waals surface area contributed by atoms with Crippen molar-refractivity contribution in [1.82, 2.24) is 5.32 Å². The summed E-state index contributed by atoms with van der Waals surface area (Å²) in [6, 6.07) is 8.87. The number of carbonyl (C=O) groups excluding carboxylic acids is 3. The average molecular weight is 400 g/mol. The quantitative estimate of drug-likeness (QED) is 0.587. The summed E-state index contributed by atoms with van der Waals surface area (Å²) in [7, 11) is 0. The highest BCUT2D eigenvalue weighted by Gasteiger charge is 2.18. The van der Waals surface area contributed by atoms with E-state index in [9.17, 15) is 14.4 Å². The number of aryl methyl sites for hydroxylation is 2. The van der Waals surface area contributed by atoms with Gasteiger partial charge >= 0.3 is 5.97 Å². The molecule has 148 valence electrons. The SMILES string of the molecule is CC(=O)NCc1ccc(C(=O)COC(=O)c2cc3c(s2)CCCCCC3)cc1. The van der Waals surface area contributed by atoms with Gasteiger partial charge < -0.3 is 10.1 Å². The lowest BCUT2D eigenvalue weighted by Crippen LogP contribution is -2.19. The Hall–Kier alpha value is -2.47. The van der Waals surface area contributed by atoms with E-state index in [2.05, 4.69) is 5.32 Å². The summed E-state index contributed by atoms with van der Waals surface area (Å²) in [6.45, 7) is 1.60. The number of hydrogen-bond donors (Lipinski definition) is 1. The smallest absolute Gasteiger partial charge is 0.348 e. The Kier molecular flexibility index (Phi) is 6.98. The molecule has 0 bridgehead atoms. The zero-order chi connectivity index (χ0) is 19.9. The van der Waals surface area contributed by atoms with E-state index in [1.54, 1.807) is 24.3 Å².